The van der Waals surface area contributed by atoms with Crippen LogP contribution in [0, 0.1) is 0 Å². The largest absolute Gasteiger partial charge is 0.496 e. The van der Waals surface area contributed by atoms with Crippen molar-refractivity contribution in [3.63, 3.8) is 0 Å². The number of nitrogens with zero attached hydrogens (tertiary/aromatic N) is 2. The average molecular weight is 291 g/mol. The van der Waals surface area contributed by atoms with Gasteiger partial charge >= 0.3 is 6.03 Å². The van der Waals surface area contributed by atoms with Crippen molar-refractivity contribution in [1.82, 2.24) is 15.1 Å². The molecule has 116 valence electrons. The summed E-state index contributed by atoms with van der Waals surface area (Å²) in [5, 5.41) is 2.94. The summed E-state index contributed by atoms with van der Waals surface area (Å²) in [5.74, 6) is 0.928. The summed E-state index contributed by atoms with van der Waals surface area (Å²) in [6, 6.07) is 8.32. The van der Waals surface area contributed by atoms with Crippen LogP contribution in [-0.2, 0) is 6.54 Å². The predicted octanol–water partition coefficient (Wildman–Crippen LogP) is 1.93. The highest BCUT2D eigenvalue weighted by atomic mass is 16.5. The van der Waals surface area contributed by atoms with E-state index in [1.807, 2.05) is 36.9 Å². The topological polar surface area (TPSA) is 44.8 Å². The monoisotopic (exact) mass is 291 g/mol. The van der Waals surface area contributed by atoms with Crippen molar-refractivity contribution in [2.24, 2.45) is 0 Å². The first-order valence-electron chi connectivity index (χ1n) is 7.50. The molecule has 1 fully saturated rings. The number of methoxy groups -OCH3 is 1. The molecule has 1 heterocycles. The Morgan fingerprint density at radius 2 is 1.90 bits per heavy atom. The fourth-order valence-corrected chi connectivity index (χ4v) is 2.52. The van der Waals surface area contributed by atoms with Crippen LogP contribution >= 0.6 is 0 Å². The first kappa shape index (κ1) is 15.6. The highest BCUT2D eigenvalue weighted by molar-refractivity contribution is 5.74. The second-order valence-corrected chi connectivity index (χ2v) is 5.68. The third kappa shape index (κ3) is 4.36. The van der Waals surface area contributed by atoms with Crippen molar-refractivity contribution in [1.29, 1.82) is 0 Å². The Bertz CT molecular complexity index is 468. The predicted molar refractivity (Wildman–Crippen MR) is 83.5 cm³/mol. The third-order valence-corrected chi connectivity index (χ3v) is 3.66. The molecule has 0 aromatic heterocycles. The highest BCUT2D eigenvalue weighted by Gasteiger charge is 2.21. The number of urea groups is 1. The van der Waals surface area contributed by atoms with Crippen LogP contribution in [0.2, 0.25) is 0 Å². The Balaban J connectivity index is 1.85. The summed E-state index contributed by atoms with van der Waals surface area (Å²) in [6.45, 7) is 8.16. The molecule has 0 unspecified atom stereocenters. The Hall–Kier alpha value is -1.75. The number of para-hydroxylation sites is 1. The second kappa shape index (κ2) is 7.31. The van der Waals surface area contributed by atoms with Crippen LogP contribution in [0.1, 0.15) is 19.4 Å². The van der Waals surface area contributed by atoms with E-state index in [1.165, 1.54) is 5.56 Å². The molecule has 0 saturated carbocycles. The third-order valence-electron chi connectivity index (χ3n) is 3.66. The number of piperazine rings is 1. The minimum atomic E-state index is 0.0435. The summed E-state index contributed by atoms with van der Waals surface area (Å²) >= 11 is 0. The zero-order valence-electron chi connectivity index (χ0n) is 13.1. The van der Waals surface area contributed by atoms with E-state index in [0.29, 0.717) is 0 Å². The molecule has 0 spiro atoms. The molecule has 1 N–H and O–H groups in total. The van der Waals surface area contributed by atoms with Crippen molar-refractivity contribution in [3.8, 4) is 5.75 Å². The van der Waals surface area contributed by atoms with Crippen LogP contribution in [0.3, 0.4) is 0 Å². The molecular weight excluding hydrogens is 266 g/mol. The van der Waals surface area contributed by atoms with Crippen LogP contribution in [0.25, 0.3) is 0 Å². The number of nitrogens with one attached hydrogen (secondary N) is 1. The van der Waals surface area contributed by atoms with E-state index in [-0.39, 0.29) is 12.1 Å². The van der Waals surface area contributed by atoms with Gasteiger partial charge in [0.1, 0.15) is 5.75 Å². The number of carbonyl (C=O) groups excluding carboxylic acids is 1. The van der Waals surface area contributed by atoms with Crippen LogP contribution in [0.4, 0.5) is 4.79 Å². The number of amides is 2. The number of carbonyl (C=O) groups is 1. The second-order valence-electron chi connectivity index (χ2n) is 5.68. The maximum absolute atomic E-state index is 12.0. The number of ether oxygens (including phenoxy) is 1. The van der Waals surface area contributed by atoms with E-state index < -0.39 is 0 Å². The van der Waals surface area contributed by atoms with Crippen LogP contribution in [-0.4, -0.2) is 55.2 Å². The van der Waals surface area contributed by atoms with Crippen molar-refractivity contribution in [2.45, 2.75) is 26.4 Å². The number of benzene rings is 1. The van der Waals surface area contributed by atoms with Gasteiger partial charge in [0, 0.05) is 44.3 Å². The molecule has 21 heavy (non-hydrogen) atoms. The first-order chi connectivity index (χ1) is 10.1. The maximum Gasteiger partial charge on any atom is 0.317 e. The molecule has 0 radical (unpaired) electrons. The lowest BCUT2D eigenvalue weighted by Crippen LogP contribution is -2.52. The molecule has 2 amide bonds. The Morgan fingerprint density at radius 3 is 2.52 bits per heavy atom. The van der Waals surface area contributed by atoms with Crippen molar-refractivity contribution in [3.05, 3.63) is 29.8 Å². The zero-order chi connectivity index (χ0) is 15.2. The van der Waals surface area contributed by atoms with Crippen LogP contribution < -0.4 is 10.1 Å². The number of hydrogen-bond acceptors (Lipinski definition) is 3. The van der Waals surface area contributed by atoms with Gasteiger partial charge in [-0.05, 0) is 19.9 Å². The summed E-state index contributed by atoms with van der Waals surface area (Å²) in [4.78, 5) is 16.2. The molecule has 1 saturated heterocycles. The molecule has 2 rings (SSSR count). The summed E-state index contributed by atoms with van der Waals surface area (Å²) < 4.78 is 5.39. The lowest BCUT2D eigenvalue weighted by atomic mass is 10.1. The molecule has 1 aliphatic heterocycles. The minimum Gasteiger partial charge on any atom is -0.496 e. The molecular formula is C16H25N3O2. The van der Waals surface area contributed by atoms with E-state index in [1.54, 1.807) is 7.11 Å². The van der Waals surface area contributed by atoms with Crippen molar-refractivity contribution < 1.29 is 9.53 Å². The zero-order valence-corrected chi connectivity index (χ0v) is 13.1. The molecule has 0 atom stereocenters. The molecule has 1 aliphatic rings. The van der Waals surface area contributed by atoms with Gasteiger partial charge in [0.05, 0.1) is 7.11 Å². The summed E-state index contributed by atoms with van der Waals surface area (Å²) in [5.41, 5.74) is 1.19. The van der Waals surface area contributed by atoms with E-state index in [0.717, 1.165) is 38.5 Å². The Morgan fingerprint density at radius 1 is 1.24 bits per heavy atom. The number of hydrogen-bond donors (Lipinski definition) is 1. The number of rotatable bonds is 4. The van der Waals surface area contributed by atoms with E-state index in [9.17, 15) is 4.79 Å². The smallest absolute Gasteiger partial charge is 0.317 e. The quantitative estimate of drug-likeness (QED) is 0.922. The van der Waals surface area contributed by atoms with Gasteiger partial charge in [-0.1, -0.05) is 18.2 Å². The lowest BCUT2D eigenvalue weighted by molar-refractivity contribution is 0.133. The molecule has 1 aromatic rings. The molecule has 1 aromatic carbocycles. The lowest BCUT2D eigenvalue weighted by Gasteiger charge is -2.35. The highest BCUT2D eigenvalue weighted by Crippen LogP contribution is 2.19. The van der Waals surface area contributed by atoms with Crippen LogP contribution in [0.5, 0.6) is 5.75 Å². The standard InChI is InChI=1S/C16H25N3O2/c1-13(2)17-16(20)19-10-8-18(9-11-19)12-14-6-4-5-7-15(14)21-3/h4-7,13H,8-12H2,1-3H3,(H,17,20). The van der Waals surface area contributed by atoms with Crippen LogP contribution in [0.15, 0.2) is 24.3 Å². The van der Waals surface area contributed by atoms with E-state index in [4.69, 9.17) is 4.74 Å². The van der Waals surface area contributed by atoms with Gasteiger partial charge in [-0.25, -0.2) is 4.79 Å². The van der Waals surface area contributed by atoms with E-state index >= 15 is 0 Å². The normalized spacial score (nSPS) is 16.1. The fraction of sp³-hybridized carbons (Fsp3) is 0.562. The average Bonchev–Trinajstić information content (AvgIpc) is 2.48. The van der Waals surface area contributed by atoms with Crippen molar-refractivity contribution >= 4 is 6.03 Å². The molecule has 5 nitrogen and oxygen atoms in total. The van der Waals surface area contributed by atoms with Gasteiger partial charge in [-0.2, -0.15) is 0 Å². The molecule has 0 bridgehead atoms. The molecule has 5 heteroatoms. The fourth-order valence-electron chi connectivity index (χ4n) is 2.52. The van der Waals surface area contributed by atoms with Gasteiger partial charge in [-0.15, -0.1) is 0 Å². The van der Waals surface area contributed by atoms with Gasteiger partial charge in [0.25, 0.3) is 0 Å². The SMILES string of the molecule is COc1ccccc1CN1CCN(C(=O)NC(C)C)CC1. The summed E-state index contributed by atoms with van der Waals surface area (Å²) in [7, 11) is 1.70. The van der Waals surface area contributed by atoms with Gasteiger partial charge in [0.2, 0.25) is 0 Å². The summed E-state index contributed by atoms with van der Waals surface area (Å²) in [6.07, 6.45) is 0. The van der Waals surface area contributed by atoms with Gasteiger partial charge in [-0.3, -0.25) is 4.90 Å². The first-order valence-corrected chi connectivity index (χ1v) is 7.50. The van der Waals surface area contributed by atoms with Gasteiger partial charge in [0.15, 0.2) is 0 Å². The van der Waals surface area contributed by atoms with Crippen molar-refractivity contribution in [2.75, 3.05) is 33.3 Å². The molecule has 0 aliphatic carbocycles. The maximum atomic E-state index is 12.0. The Kier molecular flexibility index (Phi) is 5.44. The minimum absolute atomic E-state index is 0.0435. The Labute approximate surface area is 126 Å². The van der Waals surface area contributed by atoms with E-state index in [2.05, 4.69) is 16.3 Å². The van der Waals surface area contributed by atoms with Gasteiger partial charge < -0.3 is 15.0 Å².